The van der Waals surface area contributed by atoms with Crippen LogP contribution in [0.5, 0.6) is 5.75 Å². The predicted molar refractivity (Wildman–Crippen MR) is 101 cm³/mol. The first-order valence-electron chi connectivity index (χ1n) is 9.73. The summed E-state index contributed by atoms with van der Waals surface area (Å²) in [6.07, 6.45) is 5.67. The molecule has 4 nitrogen and oxygen atoms in total. The van der Waals surface area contributed by atoms with Crippen LogP contribution in [0.3, 0.4) is 0 Å². The van der Waals surface area contributed by atoms with Crippen molar-refractivity contribution in [1.82, 2.24) is 10.2 Å². The zero-order chi connectivity index (χ0) is 17.8. The second kappa shape index (κ2) is 8.22. The third-order valence-corrected chi connectivity index (χ3v) is 5.80. The molecule has 2 atom stereocenters. The van der Waals surface area contributed by atoms with Gasteiger partial charge in [-0.3, -0.25) is 9.69 Å². The Morgan fingerprint density at radius 1 is 1.32 bits per heavy atom. The highest BCUT2D eigenvalue weighted by Crippen LogP contribution is 2.45. The van der Waals surface area contributed by atoms with Crippen molar-refractivity contribution < 1.29 is 9.53 Å². The van der Waals surface area contributed by atoms with Crippen molar-refractivity contribution in [3.05, 3.63) is 29.3 Å². The topological polar surface area (TPSA) is 41.6 Å². The van der Waals surface area contributed by atoms with Crippen LogP contribution in [0.4, 0.5) is 0 Å². The Morgan fingerprint density at radius 2 is 2.04 bits per heavy atom. The first-order chi connectivity index (χ1) is 12.1. The largest absolute Gasteiger partial charge is 0.496 e. The van der Waals surface area contributed by atoms with Crippen LogP contribution < -0.4 is 10.1 Å². The highest BCUT2D eigenvalue weighted by atomic mass is 16.5. The quantitative estimate of drug-likeness (QED) is 0.785. The van der Waals surface area contributed by atoms with Gasteiger partial charge in [0, 0.05) is 19.0 Å². The number of hydrogen-bond donors (Lipinski definition) is 1. The molecule has 0 bridgehead atoms. The molecule has 1 aliphatic heterocycles. The van der Waals surface area contributed by atoms with Crippen LogP contribution in [-0.2, 0) is 4.79 Å². The Kier molecular flexibility index (Phi) is 6.00. The minimum absolute atomic E-state index is 0.191. The summed E-state index contributed by atoms with van der Waals surface area (Å²) >= 11 is 0. The molecule has 1 N–H and O–H groups in total. The lowest BCUT2D eigenvalue weighted by Gasteiger charge is -2.24. The van der Waals surface area contributed by atoms with Gasteiger partial charge in [0.15, 0.2) is 0 Å². The number of carbonyl (C=O) groups is 1. The number of carbonyl (C=O) groups excluding carboxylic acids is 1. The summed E-state index contributed by atoms with van der Waals surface area (Å²) in [6, 6.07) is 6.80. The van der Waals surface area contributed by atoms with Crippen molar-refractivity contribution in [3.8, 4) is 5.75 Å². The number of amides is 1. The number of methoxy groups -OCH3 is 1. The molecule has 25 heavy (non-hydrogen) atoms. The third-order valence-electron chi connectivity index (χ3n) is 5.80. The molecule has 1 aromatic carbocycles. The average Bonchev–Trinajstić information content (AvgIpc) is 3.30. The van der Waals surface area contributed by atoms with E-state index in [1.807, 2.05) is 6.07 Å². The molecule has 138 valence electrons. The molecule has 3 rings (SSSR count). The lowest BCUT2D eigenvalue weighted by Crippen LogP contribution is -2.41. The van der Waals surface area contributed by atoms with E-state index < -0.39 is 0 Å². The van der Waals surface area contributed by atoms with Gasteiger partial charge in [-0.2, -0.15) is 0 Å². The van der Waals surface area contributed by atoms with Gasteiger partial charge in [0.1, 0.15) is 5.75 Å². The number of hydrogen-bond acceptors (Lipinski definition) is 3. The Hall–Kier alpha value is -1.55. The fourth-order valence-electron chi connectivity index (χ4n) is 4.03. The van der Waals surface area contributed by atoms with Crippen molar-refractivity contribution in [2.75, 3.05) is 26.7 Å². The standard InChI is InChI=1S/C21H32N2O2/c1-15-12-18(8-9-20(15)25-3)19(17-6-7-17)13-21(24)22-14-16(2)23-10-4-5-11-23/h8-9,12,16-17,19H,4-7,10-11,13-14H2,1-3H3,(H,22,24). The van der Waals surface area contributed by atoms with Crippen molar-refractivity contribution in [2.24, 2.45) is 5.92 Å². The van der Waals surface area contributed by atoms with Crippen molar-refractivity contribution in [1.29, 1.82) is 0 Å². The number of aryl methyl sites for hydroxylation is 1. The Labute approximate surface area is 151 Å². The van der Waals surface area contributed by atoms with Crippen LogP contribution in [0.25, 0.3) is 0 Å². The van der Waals surface area contributed by atoms with Gasteiger partial charge in [-0.15, -0.1) is 0 Å². The summed E-state index contributed by atoms with van der Waals surface area (Å²) in [6.45, 7) is 7.40. The van der Waals surface area contributed by atoms with E-state index in [9.17, 15) is 4.79 Å². The molecule has 0 spiro atoms. The Bertz CT molecular complexity index is 592. The van der Waals surface area contributed by atoms with Crippen molar-refractivity contribution in [2.45, 2.75) is 57.9 Å². The summed E-state index contributed by atoms with van der Waals surface area (Å²) < 4.78 is 5.37. The van der Waals surface area contributed by atoms with Gasteiger partial charge in [0.25, 0.3) is 0 Å². The maximum absolute atomic E-state index is 12.5. The molecule has 2 unspecified atom stereocenters. The number of benzene rings is 1. The molecule has 1 saturated heterocycles. The number of likely N-dealkylation sites (tertiary alicyclic amines) is 1. The van der Waals surface area contributed by atoms with Gasteiger partial charge >= 0.3 is 0 Å². The molecule has 1 heterocycles. The van der Waals surface area contributed by atoms with Crippen LogP contribution in [0.1, 0.15) is 56.1 Å². The summed E-state index contributed by atoms with van der Waals surface area (Å²) in [5.74, 6) is 2.11. The monoisotopic (exact) mass is 344 g/mol. The number of ether oxygens (including phenoxy) is 1. The lowest BCUT2D eigenvalue weighted by atomic mass is 9.89. The normalized spacial score (nSPS) is 20.3. The predicted octanol–water partition coefficient (Wildman–Crippen LogP) is 3.49. The molecule has 1 amide bonds. The highest BCUT2D eigenvalue weighted by Gasteiger charge is 2.34. The second-order valence-electron chi connectivity index (χ2n) is 7.77. The Morgan fingerprint density at radius 3 is 2.64 bits per heavy atom. The highest BCUT2D eigenvalue weighted by molar-refractivity contribution is 5.77. The summed E-state index contributed by atoms with van der Waals surface area (Å²) in [4.78, 5) is 15.0. The first kappa shape index (κ1) is 18.2. The molecular weight excluding hydrogens is 312 g/mol. The van der Waals surface area contributed by atoms with Crippen LogP contribution in [0, 0.1) is 12.8 Å². The second-order valence-corrected chi connectivity index (χ2v) is 7.77. The smallest absolute Gasteiger partial charge is 0.220 e. The third kappa shape index (κ3) is 4.75. The minimum atomic E-state index is 0.191. The molecule has 2 aliphatic rings. The van der Waals surface area contributed by atoms with Gasteiger partial charge in [0.05, 0.1) is 7.11 Å². The number of nitrogens with one attached hydrogen (secondary N) is 1. The van der Waals surface area contributed by atoms with E-state index >= 15 is 0 Å². The summed E-state index contributed by atoms with van der Waals surface area (Å²) in [5.41, 5.74) is 2.43. The van der Waals surface area contributed by atoms with Crippen molar-refractivity contribution >= 4 is 5.91 Å². The van der Waals surface area contributed by atoms with Gasteiger partial charge in [-0.05, 0) is 81.6 Å². The van der Waals surface area contributed by atoms with E-state index in [1.165, 1.54) is 44.3 Å². The van der Waals surface area contributed by atoms with Crippen LogP contribution in [0.15, 0.2) is 18.2 Å². The van der Waals surface area contributed by atoms with E-state index in [0.717, 1.165) is 17.9 Å². The van der Waals surface area contributed by atoms with Crippen LogP contribution >= 0.6 is 0 Å². The molecule has 2 fully saturated rings. The molecule has 0 radical (unpaired) electrons. The van der Waals surface area contributed by atoms with Crippen LogP contribution in [0.2, 0.25) is 0 Å². The number of rotatable bonds is 8. The van der Waals surface area contributed by atoms with E-state index in [4.69, 9.17) is 4.74 Å². The zero-order valence-electron chi connectivity index (χ0n) is 15.9. The lowest BCUT2D eigenvalue weighted by molar-refractivity contribution is -0.121. The molecule has 1 aromatic rings. The fourth-order valence-corrected chi connectivity index (χ4v) is 4.03. The Balaban J connectivity index is 1.56. The van der Waals surface area contributed by atoms with Gasteiger partial charge in [-0.25, -0.2) is 0 Å². The van der Waals surface area contributed by atoms with Gasteiger partial charge < -0.3 is 10.1 Å². The fraction of sp³-hybridized carbons (Fsp3) is 0.667. The minimum Gasteiger partial charge on any atom is -0.496 e. The summed E-state index contributed by atoms with van der Waals surface area (Å²) in [5, 5.41) is 3.17. The van der Waals surface area contributed by atoms with E-state index in [2.05, 4.69) is 36.2 Å². The zero-order valence-corrected chi connectivity index (χ0v) is 15.9. The molecule has 0 aromatic heterocycles. The maximum Gasteiger partial charge on any atom is 0.220 e. The molecular formula is C21H32N2O2. The van der Waals surface area contributed by atoms with E-state index in [0.29, 0.717) is 24.3 Å². The van der Waals surface area contributed by atoms with E-state index in [1.54, 1.807) is 7.11 Å². The number of nitrogens with zero attached hydrogens (tertiary/aromatic N) is 1. The first-order valence-corrected chi connectivity index (χ1v) is 9.73. The van der Waals surface area contributed by atoms with Crippen LogP contribution in [-0.4, -0.2) is 43.6 Å². The molecule has 1 aliphatic carbocycles. The molecule has 4 heteroatoms. The van der Waals surface area contributed by atoms with Gasteiger partial charge in [0.2, 0.25) is 5.91 Å². The SMILES string of the molecule is COc1ccc(C(CC(=O)NCC(C)N2CCCC2)C2CC2)cc1C. The van der Waals surface area contributed by atoms with Gasteiger partial charge in [-0.1, -0.05) is 12.1 Å². The molecule has 1 saturated carbocycles. The van der Waals surface area contributed by atoms with Crippen molar-refractivity contribution in [3.63, 3.8) is 0 Å². The average molecular weight is 344 g/mol. The maximum atomic E-state index is 12.5. The van der Waals surface area contributed by atoms with E-state index in [-0.39, 0.29) is 5.91 Å². The summed E-state index contributed by atoms with van der Waals surface area (Å²) in [7, 11) is 1.70.